The third-order valence-corrected chi connectivity index (χ3v) is 5.95. The number of rotatable bonds is 6. The van der Waals surface area contributed by atoms with Crippen molar-refractivity contribution in [2.75, 3.05) is 17.6 Å². The Bertz CT molecular complexity index is 1330. The number of nitrogens with zero attached hydrogens (tertiary/aromatic N) is 3. The van der Waals surface area contributed by atoms with Gasteiger partial charge in [0.05, 0.1) is 21.2 Å². The molecule has 0 bridgehead atoms. The first-order valence-corrected chi connectivity index (χ1v) is 11.0. The van der Waals surface area contributed by atoms with Crippen LogP contribution >= 0.6 is 11.6 Å². The van der Waals surface area contributed by atoms with E-state index < -0.39 is 26.7 Å². The molecule has 3 N–H and O–H groups in total. The number of aromatic nitrogens is 2. The van der Waals surface area contributed by atoms with Gasteiger partial charge in [-0.05, 0) is 42.8 Å². The molecule has 0 aliphatic rings. The summed E-state index contributed by atoms with van der Waals surface area (Å²) in [5.41, 5.74) is 4.88. The second-order valence-electron chi connectivity index (χ2n) is 6.72. The Kier molecular flexibility index (Phi) is 6.79. The molecule has 0 radical (unpaired) electrons. The maximum Gasteiger partial charge on any atom is 0.416 e. The maximum absolute atomic E-state index is 13.3. The number of nitrogen functional groups attached to an aromatic ring is 1. The normalized spacial score (nSPS) is 12.5. The Morgan fingerprint density at radius 3 is 2.55 bits per heavy atom. The van der Waals surface area contributed by atoms with E-state index in [1.807, 2.05) is 0 Å². The molecule has 3 aromatic rings. The minimum absolute atomic E-state index is 0.00131. The molecule has 0 saturated carbocycles. The lowest BCUT2D eigenvalue weighted by atomic mass is 10.1. The molecule has 174 valence electrons. The second kappa shape index (κ2) is 9.24. The highest BCUT2D eigenvalue weighted by molar-refractivity contribution is 7.92. The molecule has 0 spiro atoms. The SMILES string of the molecule is CO/N=C(\c1ccnc(N)c1)c1ncc(Cl)cc1NS(=O)(=O)c1ccc(C)c(C(F)(F)F)c1. The largest absolute Gasteiger partial charge is 0.416 e. The number of sulfonamides is 1. The van der Waals surface area contributed by atoms with E-state index in [-0.39, 0.29) is 33.5 Å². The molecular formula is C20H17ClF3N5O3S. The van der Waals surface area contributed by atoms with Crippen LogP contribution in [0.3, 0.4) is 0 Å². The lowest BCUT2D eigenvalue weighted by molar-refractivity contribution is -0.138. The summed E-state index contributed by atoms with van der Waals surface area (Å²) in [4.78, 5) is 12.3. The predicted molar refractivity (Wildman–Crippen MR) is 118 cm³/mol. The van der Waals surface area contributed by atoms with Crippen LogP contribution in [-0.2, 0) is 21.0 Å². The molecule has 0 unspecified atom stereocenters. The van der Waals surface area contributed by atoms with Gasteiger partial charge in [-0.15, -0.1) is 0 Å². The lowest BCUT2D eigenvalue weighted by Crippen LogP contribution is -2.19. The average Bonchev–Trinajstić information content (AvgIpc) is 2.71. The Morgan fingerprint density at radius 1 is 1.18 bits per heavy atom. The smallest absolute Gasteiger partial charge is 0.399 e. The fraction of sp³-hybridized carbons (Fsp3) is 0.150. The van der Waals surface area contributed by atoms with E-state index in [1.54, 1.807) is 6.07 Å². The number of nitrogens with one attached hydrogen (secondary N) is 1. The Balaban J connectivity index is 2.12. The van der Waals surface area contributed by atoms with E-state index in [2.05, 4.69) is 19.8 Å². The molecule has 0 atom stereocenters. The number of halogens is 4. The maximum atomic E-state index is 13.3. The summed E-state index contributed by atoms with van der Waals surface area (Å²) in [6.45, 7) is 1.24. The Hall–Kier alpha value is -3.38. The lowest BCUT2D eigenvalue weighted by Gasteiger charge is -2.16. The van der Waals surface area contributed by atoms with E-state index in [0.29, 0.717) is 11.6 Å². The van der Waals surface area contributed by atoms with Gasteiger partial charge in [0.2, 0.25) is 0 Å². The number of alkyl halides is 3. The summed E-state index contributed by atoms with van der Waals surface area (Å²) in [6, 6.07) is 6.95. The molecule has 0 aliphatic carbocycles. The van der Waals surface area contributed by atoms with Gasteiger partial charge in [0.25, 0.3) is 10.0 Å². The molecule has 3 rings (SSSR count). The zero-order valence-electron chi connectivity index (χ0n) is 17.2. The third-order valence-electron chi connectivity index (χ3n) is 4.38. The highest BCUT2D eigenvalue weighted by atomic mass is 35.5. The van der Waals surface area contributed by atoms with Crippen LogP contribution in [0.1, 0.15) is 22.4 Å². The van der Waals surface area contributed by atoms with Crippen molar-refractivity contribution in [2.24, 2.45) is 5.16 Å². The van der Waals surface area contributed by atoms with Crippen molar-refractivity contribution in [3.8, 4) is 0 Å². The van der Waals surface area contributed by atoms with E-state index in [4.69, 9.17) is 22.2 Å². The van der Waals surface area contributed by atoms with E-state index in [1.165, 1.54) is 38.6 Å². The predicted octanol–water partition coefficient (Wildman–Crippen LogP) is 4.24. The van der Waals surface area contributed by atoms with Crippen molar-refractivity contribution in [3.63, 3.8) is 0 Å². The molecule has 1 aromatic carbocycles. The van der Waals surface area contributed by atoms with Crippen molar-refractivity contribution in [3.05, 3.63) is 76.2 Å². The average molecular weight is 500 g/mol. The molecule has 13 heteroatoms. The van der Waals surface area contributed by atoms with Crippen LogP contribution in [-0.4, -0.2) is 31.2 Å². The summed E-state index contributed by atoms with van der Waals surface area (Å²) in [5.74, 6) is 0.159. The molecule has 0 fully saturated rings. The highest BCUT2D eigenvalue weighted by Crippen LogP contribution is 2.34. The molecule has 0 saturated heterocycles. The second-order valence-corrected chi connectivity index (χ2v) is 8.84. The van der Waals surface area contributed by atoms with Gasteiger partial charge in [0.1, 0.15) is 24.3 Å². The number of hydrogen-bond donors (Lipinski definition) is 2. The molecule has 2 heterocycles. The standard InChI is InChI=1S/C20H17ClF3N5O3S/c1-11-3-4-14(9-15(11)20(22,23)24)33(30,31)29-16-8-13(21)10-27-19(16)18(28-32-2)12-5-6-26-17(25)7-12/h3-10,29H,1-2H3,(H2,25,26)/b28-18+. The van der Waals surface area contributed by atoms with Gasteiger partial charge < -0.3 is 10.6 Å². The highest BCUT2D eigenvalue weighted by Gasteiger charge is 2.34. The summed E-state index contributed by atoms with van der Waals surface area (Å²) >= 11 is 6.00. The zero-order valence-corrected chi connectivity index (χ0v) is 18.8. The van der Waals surface area contributed by atoms with Crippen LogP contribution in [0, 0.1) is 6.92 Å². The zero-order chi connectivity index (χ0) is 24.4. The van der Waals surface area contributed by atoms with Gasteiger partial charge in [-0.1, -0.05) is 22.8 Å². The molecule has 8 nitrogen and oxygen atoms in total. The molecular weight excluding hydrogens is 483 g/mol. The first-order valence-electron chi connectivity index (χ1n) is 9.12. The van der Waals surface area contributed by atoms with Gasteiger partial charge in [-0.25, -0.2) is 13.4 Å². The number of benzene rings is 1. The fourth-order valence-corrected chi connectivity index (χ4v) is 4.14. The third kappa shape index (κ3) is 5.52. The number of anilines is 2. The molecule has 0 aliphatic heterocycles. The van der Waals surface area contributed by atoms with Crippen LogP contribution in [0.15, 0.2) is 58.8 Å². The minimum Gasteiger partial charge on any atom is -0.399 e. The molecule has 0 amide bonds. The van der Waals surface area contributed by atoms with Crippen LogP contribution in [0.4, 0.5) is 24.7 Å². The van der Waals surface area contributed by atoms with E-state index in [0.717, 1.165) is 12.1 Å². The number of hydrogen-bond acceptors (Lipinski definition) is 7. The van der Waals surface area contributed by atoms with Gasteiger partial charge in [-0.2, -0.15) is 13.2 Å². The topological polar surface area (TPSA) is 120 Å². The summed E-state index contributed by atoms with van der Waals surface area (Å²) in [5, 5.41) is 3.97. The quantitative estimate of drug-likeness (QED) is 0.387. The monoisotopic (exact) mass is 499 g/mol. The number of pyridine rings is 2. The van der Waals surface area contributed by atoms with Crippen molar-refractivity contribution in [2.45, 2.75) is 18.0 Å². The van der Waals surface area contributed by atoms with E-state index >= 15 is 0 Å². The van der Waals surface area contributed by atoms with Crippen molar-refractivity contribution in [1.82, 2.24) is 9.97 Å². The number of oxime groups is 1. The van der Waals surface area contributed by atoms with Crippen LogP contribution in [0.25, 0.3) is 0 Å². The van der Waals surface area contributed by atoms with Crippen LogP contribution in [0.2, 0.25) is 5.02 Å². The number of nitrogens with two attached hydrogens (primary N) is 1. The Morgan fingerprint density at radius 2 is 1.91 bits per heavy atom. The van der Waals surface area contributed by atoms with Gasteiger partial charge >= 0.3 is 6.18 Å². The summed E-state index contributed by atoms with van der Waals surface area (Å²) in [6.07, 6.45) is -2.07. The van der Waals surface area contributed by atoms with Crippen molar-refractivity contribution >= 4 is 38.8 Å². The first-order chi connectivity index (χ1) is 15.4. The fourth-order valence-electron chi connectivity index (χ4n) is 2.90. The number of aryl methyl sites for hydroxylation is 1. The van der Waals surface area contributed by atoms with Crippen molar-refractivity contribution < 1.29 is 26.4 Å². The van der Waals surface area contributed by atoms with E-state index in [9.17, 15) is 21.6 Å². The summed E-state index contributed by atoms with van der Waals surface area (Å²) < 4.78 is 68.0. The van der Waals surface area contributed by atoms with Gasteiger partial charge in [0.15, 0.2) is 0 Å². The molecule has 2 aromatic heterocycles. The van der Waals surface area contributed by atoms with Gasteiger partial charge in [0, 0.05) is 18.0 Å². The first kappa shape index (κ1) is 24.3. The molecule has 33 heavy (non-hydrogen) atoms. The van der Waals surface area contributed by atoms with Crippen molar-refractivity contribution in [1.29, 1.82) is 0 Å². The van der Waals surface area contributed by atoms with Crippen LogP contribution < -0.4 is 10.5 Å². The Labute approximate surface area is 192 Å². The van der Waals surface area contributed by atoms with Crippen LogP contribution in [0.5, 0.6) is 0 Å². The van der Waals surface area contributed by atoms with Gasteiger partial charge in [-0.3, -0.25) is 9.71 Å². The minimum atomic E-state index is -4.72. The summed E-state index contributed by atoms with van der Waals surface area (Å²) in [7, 11) is -3.20.